The molecule has 4 aliphatic rings. The molecule has 0 unspecified atom stereocenters. The van der Waals surface area contributed by atoms with Crippen molar-refractivity contribution in [3.8, 4) is 22.3 Å². The molecule has 73 heavy (non-hydrogen) atoms. The lowest BCUT2D eigenvalue weighted by Crippen LogP contribution is -2.61. The fraction of sp³-hybridized carbons (Fsp3) is 0.217. The zero-order chi connectivity index (χ0) is 50.2. The van der Waals surface area contributed by atoms with E-state index in [1.54, 1.807) is 0 Å². The van der Waals surface area contributed by atoms with Crippen LogP contribution in [0.5, 0.6) is 0 Å². The Morgan fingerprint density at radius 1 is 0.356 bits per heavy atom. The molecule has 0 N–H and O–H groups in total. The van der Waals surface area contributed by atoms with E-state index in [4.69, 9.17) is 0 Å². The lowest BCUT2D eigenvalue weighted by molar-refractivity contribution is 0.403. The molecule has 9 aromatic carbocycles. The average Bonchev–Trinajstić information content (AvgIpc) is 3.71. The van der Waals surface area contributed by atoms with Crippen LogP contribution in [0.2, 0.25) is 0 Å². The number of fused-ring (bicyclic) bond motifs is 6. The van der Waals surface area contributed by atoms with Crippen LogP contribution in [0.25, 0.3) is 22.3 Å². The third-order valence-corrected chi connectivity index (χ3v) is 17.1. The zero-order valence-electron chi connectivity index (χ0n) is 43.9. The Morgan fingerprint density at radius 2 is 0.836 bits per heavy atom. The molecule has 13 rings (SSSR count). The van der Waals surface area contributed by atoms with Gasteiger partial charge in [0.2, 0.25) is 0 Å². The van der Waals surface area contributed by atoms with Gasteiger partial charge >= 0.3 is 0 Å². The molecule has 0 amide bonds. The first-order valence-corrected chi connectivity index (χ1v) is 26.5. The summed E-state index contributed by atoms with van der Waals surface area (Å²) in [5, 5.41) is 0. The van der Waals surface area contributed by atoms with Gasteiger partial charge in [-0.25, -0.2) is 0 Å². The van der Waals surface area contributed by atoms with E-state index in [-0.39, 0.29) is 28.4 Å². The number of nitrogens with zero attached hydrogens (tertiary/aromatic N) is 3. The summed E-state index contributed by atoms with van der Waals surface area (Å²) in [7, 11) is 0. The first-order valence-electron chi connectivity index (χ1n) is 26.5. The maximum atomic E-state index is 2.68. The highest BCUT2D eigenvalue weighted by Crippen LogP contribution is 2.56. The number of hydrogen-bond donors (Lipinski definition) is 0. The van der Waals surface area contributed by atoms with Gasteiger partial charge in [-0.1, -0.05) is 183 Å². The van der Waals surface area contributed by atoms with Gasteiger partial charge in [0.05, 0.1) is 5.69 Å². The zero-order valence-corrected chi connectivity index (χ0v) is 43.9. The lowest BCUT2D eigenvalue weighted by Gasteiger charge is -2.46. The number of benzene rings is 9. The Labute approximate surface area is 433 Å². The SMILES string of the molecule is Cc1cc(-c2ccccc2)ccc1N1c2cc(-c3ccccc3)ccc2B2c3cc4c(cc3N(c3ccc5c(c3)C(C)(C)CC5(C)C)c3cc(N(c5ccccc5)c5ccccc5)cc1c32)C(C)(C)CC4(C)C. The minimum atomic E-state index is -0.0400. The van der Waals surface area contributed by atoms with Crippen molar-refractivity contribution in [3.63, 3.8) is 0 Å². The quantitative estimate of drug-likeness (QED) is 0.147. The van der Waals surface area contributed by atoms with E-state index < -0.39 is 0 Å². The van der Waals surface area contributed by atoms with Crippen molar-refractivity contribution in [2.75, 3.05) is 14.7 Å². The van der Waals surface area contributed by atoms with Crippen LogP contribution in [0, 0.1) is 6.92 Å². The van der Waals surface area contributed by atoms with E-state index >= 15 is 0 Å². The highest BCUT2D eigenvalue weighted by Gasteiger charge is 2.49. The maximum absolute atomic E-state index is 2.68. The molecule has 0 fully saturated rings. The maximum Gasteiger partial charge on any atom is 0.252 e. The van der Waals surface area contributed by atoms with E-state index in [2.05, 4.69) is 277 Å². The molecule has 2 heterocycles. The molecule has 0 saturated heterocycles. The monoisotopic (exact) mass is 946 g/mol. The Kier molecular flexibility index (Phi) is 10.1. The average molecular weight is 946 g/mol. The number of aryl methyl sites for hydroxylation is 1. The molecule has 2 aliphatic heterocycles. The van der Waals surface area contributed by atoms with Crippen LogP contribution in [0.3, 0.4) is 0 Å². The molecule has 0 bridgehead atoms. The van der Waals surface area contributed by atoms with E-state index in [0.717, 1.165) is 29.9 Å². The minimum absolute atomic E-state index is 0.00346. The van der Waals surface area contributed by atoms with Gasteiger partial charge in [0, 0.05) is 45.5 Å². The van der Waals surface area contributed by atoms with Gasteiger partial charge in [-0.15, -0.1) is 0 Å². The highest BCUT2D eigenvalue weighted by molar-refractivity contribution is 7.00. The standard InChI is InChI=1S/C69H64BN3/c1-45-36-48(46-22-14-10-15-23-46)31-35-60(45)73-61-37-49(47-24-16-11-17-25-47)30-34-58(61)70-59-41-56-57(69(8,9)44-68(56,6)7)42-62(59)72(52-32-33-54-55(38-52)67(4,5)43-66(54,2)3)63-39-53(40-64(73)65(63)70)71(50-26-18-12-19-27-50)51-28-20-13-21-29-51/h10-42H,43-44H2,1-9H3. The second-order valence-electron chi connectivity index (χ2n) is 24.1. The van der Waals surface area contributed by atoms with Gasteiger partial charge in [-0.3, -0.25) is 0 Å². The van der Waals surface area contributed by atoms with Gasteiger partial charge in [-0.05, 0) is 181 Å². The topological polar surface area (TPSA) is 9.72 Å². The van der Waals surface area contributed by atoms with Gasteiger partial charge in [-0.2, -0.15) is 0 Å². The highest BCUT2D eigenvalue weighted by atomic mass is 15.2. The second-order valence-corrected chi connectivity index (χ2v) is 24.1. The smallest absolute Gasteiger partial charge is 0.252 e. The van der Waals surface area contributed by atoms with Crippen LogP contribution in [0.15, 0.2) is 200 Å². The predicted molar refractivity (Wildman–Crippen MR) is 312 cm³/mol. The van der Waals surface area contributed by atoms with Crippen LogP contribution >= 0.6 is 0 Å². The van der Waals surface area contributed by atoms with E-state index in [0.29, 0.717) is 0 Å². The van der Waals surface area contributed by atoms with Gasteiger partial charge in [0.15, 0.2) is 0 Å². The molecule has 0 atom stereocenters. The van der Waals surface area contributed by atoms with Gasteiger partial charge < -0.3 is 14.7 Å². The Balaban J connectivity index is 1.17. The summed E-state index contributed by atoms with van der Waals surface area (Å²) < 4.78 is 0. The number of rotatable bonds is 7. The molecule has 0 saturated carbocycles. The molecule has 3 nitrogen and oxygen atoms in total. The first kappa shape index (κ1) is 45.3. The van der Waals surface area contributed by atoms with Crippen LogP contribution in [0.1, 0.15) is 96.0 Å². The van der Waals surface area contributed by atoms with Gasteiger partial charge in [0.1, 0.15) is 0 Å². The summed E-state index contributed by atoms with van der Waals surface area (Å²) in [6.07, 6.45) is 2.21. The van der Waals surface area contributed by atoms with Crippen molar-refractivity contribution in [1.29, 1.82) is 0 Å². The summed E-state index contributed by atoms with van der Waals surface area (Å²) in [6, 6.07) is 75.8. The summed E-state index contributed by atoms with van der Waals surface area (Å²) in [5.41, 5.74) is 26.7. The predicted octanol–water partition coefficient (Wildman–Crippen LogP) is 16.8. The normalized spacial score (nSPS) is 16.8. The summed E-state index contributed by atoms with van der Waals surface area (Å²) in [4.78, 5) is 7.76. The summed E-state index contributed by atoms with van der Waals surface area (Å²) in [5.74, 6) is 0. The number of hydrogen-bond acceptors (Lipinski definition) is 3. The third-order valence-electron chi connectivity index (χ3n) is 17.1. The van der Waals surface area contributed by atoms with Crippen molar-refractivity contribution in [2.24, 2.45) is 0 Å². The molecular weight excluding hydrogens is 882 g/mol. The van der Waals surface area contributed by atoms with Crippen LogP contribution < -0.4 is 31.1 Å². The molecule has 0 spiro atoms. The Hall–Kier alpha value is -7.56. The minimum Gasteiger partial charge on any atom is -0.311 e. The van der Waals surface area contributed by atoms with Gasteiger partial charge in [0.25, 0.3) is 6.71 Å². The van der Waals surface area contributed by atoms with Crippen molar-refractivity contribution >= 4 is 74.3 Å². The molecule has 0 aromatic heterocycles. The third kappa shape index (κ3) is 7.15. The fourth-order valence-corrected chi connectivity index (χ4v) is 14.4. The largest absolute Gasteiger partial charge is 0.311 e. The molecule has 2 aliphatic carbocycles. The van der Waals surface area contributed by atoms with Crippen LogP contribution in [-0.2, 0) is 21.7 Å². The second kappa shape index (κ2) is 16.2. The Bertz CT molecular complexity index is 3610. The van der Waals surface area contributed by atoms with E-state index in [9.17, 15) is 0 Å². The van der Waals surface area contributed by atoms with Crippen molar-refractivity contribution in [3.05, 3.63) is 228 Å². The summed E-state index contributed by atoms with van der Waals surface area (Å²) in [6.45, 7) is 21.9. The molecule has 358 valence electrons. The van der Waals surface area contributed by atoms with Crippen LogP contribution in [0.4, 0.5) is 51.2 Å². The van der Waals surface area contributed by atoms with E-state index in [1.807, 2.05) is 0 Å². The lowest BCUT2D eigenvalue weighted by atomic mass is 9.33. The Morgan fingerprint density at radius 3 is 1.41 bits per heavy atom. The molecular formula is C69H64BN3. The van der Waals surface area contributed by atoms with Crippen molar-refractivity contribution in [1.82, 2.24) is 0 Å². The fourth-order valence-electron chi connectivity index (χ4n) is 14.4. The van der Waals surface area contributed by atoms with Crippen molar-refractivity contribution in [2.45, 2.75) is 96.8 Å². The molecule has 9 aromatic rings. The number of anilines is 9. The van der Waals surface area contributed by atoms with Crippen LogP contribution in [-0.4, -0.2) is 6.71 Å². The summed E-state index contributed by atoms with van der Waals surface area (Å²) >= 11 is 0. The molecule has 0 radical (unpaired) electrons. The van der Waals surface area contributed by atoms with Crippen molar-refractivity contribution < 1.29 is 0 Å². The first-order chi connectivity index (χ1) is 35.1. The van der Waals surface area contributed by atoms with E-state index in [1.165, 1.54) is 101 Å². The molecule has 4 heteroatoms. The number of para-hydroxylation sites is 2.